The molecule has 0 aliphatic heterocycles. The molecule has 0 aliphatic rings. The Morgan fingerprint density at radius 1 is 1.38 bits per heavy atom. The molecule has 21 heavy (non-hydrogen) atoms. The Labute approximate surface area is 124 Å². The number of nitrogens with zero attached hydrogens (tertiary/aromatic N) is 1. The maximum Gasteiger partial charge on any atom is 0.417 e. The van der Waals surface area contributed by atoms with E-state index in [0.717, 1.165) is 19.2 Å². The molecule has 1 rings (SSSR count). The van der Waals surface area contributed by atoms with Crippen LogP contribution in [-0.4, -0.2) is 37.4 Å². The third kappa shape index (κ3) is 4.32. The Morgan fingerprint density at radius 3 is 2.43 bits per heavy atom. The van der Waals surface area contributed by atoms with Crippen LogP contribution in [0.2, 0.25) is 5.02 Å². The van der Waals surface area contributed by atoms with Gasteiger partial charge in [0.2, 0.25) is 10.0 Å². The molecule has 0 radical (unpaired) electrons. The lowest BCUT2D eigenvalue weighted by molar-refractivity contribution is -0.138. The summed E-state index contributed by atoms with van der Waals surface area (Å²) in [5, 5.41) is 7.88. The first-order chi connectivity index (χ1) is 9.46. The predicted molar refractivity (Wildman–Crippen MR) is 68.5 cm³/mol. The SMILES string of the molecule is CN(CCC(=O)O)S(=O)(=O)c1ccc(Cl)c(C(F)(F)F)c1. The molecule has 0 saturated heterocycles. The number of rotatable bonds is 5. The molecule has 0 saturated carbocycles. The maximum absolute atomic E-state index is 12.7. The molecular weight excluding hydrogens is 335 g/mol. The molecule has 1 aromatic rings. The van der Waals surface area contributed by atoms with Crippen LogP contribution in [0.4, 0.5) is 13.2 Å². The van der Waals surface area contributed by atoms with Gasteiger partial charge in [0, 0.05) is 13.6 Å². The van der Waals surface area contributed by atoms with Gasteiger partial charge in [-0.2, -0.15) is 13.2 Å². The molecule has 1 N–H and O–H groups in total. The standard InChI is InChI=1S/C11H11ClF3NO4S/c1-16(5-4-10(17)18)21(19,20)7-2-3-9(12)8(6-7)11(13,14)15/h2-3,6H,4-5H2,1H3,(H,17,18). The molecule has 5 nitrogen and oxygen atoms in total. The van der Waals surface area contributed by atoms with E-state index in [-0.39, 0.29) is 6.54 Å². The third-order valence-electron chi connectivity index (χ3n) is 2.59. The summed E-state index contributed by atoms with van der Waals surface area (Å²) in [6.45, 7) is -0.359. The van der Waals surface area contributed by atoms with Crippen LogP contribution >= 0.6 is 11.6 Å². The summed E-state index contributed by atoms with van der Waals surface area (Å²) < 4.78 is 62.9. The van der Waals surface area contributed by atoms with Crippen molar-refractivity contribution < 1.29 is 31.5 Å². The minimum atomic E-state index is -4.79. The second kappa shape index (κ2) is 6.20. The first-order valence-corrected chi connectivity index (χ1v) is 7.33. The van der Waals surface area contributed by atoms with Gasteiger partial charge in [-0.3, -0.25) is 4.79 Å². The van der Waals surface area contributed by atoms with E-state index < -0.39 is 44.1 Å². The molecule has 10 heteroatoms. The molecule has 0 spiro atoms. The van der Waals surface area contributed by atoms with Gasteiger partial charge in [0.15, 0.2) is 0 Å². The van der Waals surface area contributed by atoms with Crippen LogP contribution in [0.15, 0.2) is 23.1 Å². The first kappa shape index (κ1) is 17.7. The Balaban J connectivity index is 3.18. The lowest BCUT2D eigenvalue weighted by atomic mass is 10.2. The van der Waals surface area contributed by atoms with Gasteiger partial charge in [-0.05, 0) is 18.2 Å². The average molecular weight is 346 g/mol. The number of benzene rings is 1. The van der Waals surface area contributed by atoms with Crippen LogP contribution in [0.25, 0.3) is 0 Å². The number of alkyl halides is 3. The fourth-order valence-corrected chi connectivity index (χ4v) is 2.86. The number of carboxylic acid groups (broad SMARTS) is 1. The fourth-order valence-electron chi connectivity index (χ4n) is 1.44. The van der Waals surface area contributed by atoms with Gasteiger partial charge >= 0.3 is 12.1 Å². The Morgan fingerprint density at radius 2 is 1.95 bits per heavy atom. The Hall–Kier alpha value is -1.32. The van der Waals surface area contributed by atoms with Crippen LogP contribution in [0.1, 0.15) is 12.0 Å². The molecule has 1 aromatic carbocycles. The number of hydrogen-bond acceptors (Lipinski definition) is 3. The zero-order valence-corrected chi connectivity index (χ0v) is 12.3. The number of hydrogen-bond donors (Lipinski definition) is 1. The van der Waals surface area contributed by atoms with E-state index in [4.69, 9.17) is 16.7 Å². The second-order valence-electron chi connectivity index (χ2n) is 4.11. The molecular formula is C11H11ClF3NO4S. The summed E-state index contributed by atoms with van der Waals surface area (Å²) in [6, 6.07) is 2.20. The second-order valence-corrected chi connectivity index (χ2v) is 6.56. The number of sulfonamides is 1. The summed E-state index contributed by atoms with van der Waals surface area (Å²) in [6.07, 6.45) is -5.25. The largest absolute Gasteiger partial charge is 0.481 e. The van der Waals surface area contributed by atoms with E-state index in [1.54, 1.807) is 0 Å². The molecule has 0 amide bonds. The van der Waals surface area contributed by atoms with Crippen LogP contribution in [0.5, 0.6) is 0 Å². The van der Waals surface area contributed by atoms with Gasteiger partial charge in [-0.25, -0.2) is 12.7 Å². The normalized spacial score (nSPS) is 12.7. The monoisotopic (exact) mass is 345 g/mol. The smallest absolute Gasteiger partial charge is 0.417 e. The van der Waals surface area contributed by atoms with Crippen molar-refractivity contribution in [1.29, 1.82) is 0 Å². The minimum absolute atomic E-state index is 0.359. The average Bonchev–Trinajstić information content (AvgIpc) is 2.34. The van der Waals surface area contributed by atoms with E-state index >= 15 is 0 Å². The molecule has 0 aliphatic carbocycles. The molecule has 0 unspecified atom stereocenters. The summed E-state index contributed by atoms with van der Waals surface area (Å²) >= 11 is 5.41. The predicted octanol–water partition coefficient (Wildman–Crippen LogP) is 2.45. The highest BCUT2D eigenvalue weighted by Crippen LogP contribution is 2.36. The van der Waals surface area contributed by atoms with Crippen molar-refractivity contribution in [2.24, 2.45) is 0 Å². The highest BCUT2D eigenvalue weighted by Gasteiger charge is 2.35. The first-order valence-electron chi connectivity index (χ1n) is 5.51. The molecule has 0 fully saturated rings. The van der Waals surface area contributed by atoms with Crippen molar-refractivity contribution in [3.63, 3.8) is 0 Å². The summed E-state index contributed by atoms with van der Waals surface area (Å²) in [5.74, 6) is -1.22. The number of halogens is 4. The number of aliphatic carboxylic acids is 1. The van der Waals surface area contributed by atoms with Crippen molar-refractivity contribution >= 4 is 27.6 Å². The third-order valence-corrected chi connectivity index (χ3v) is 4.77. The van der Waals surface area contributed by atoms with Crippen molar-refractivity contribution in [1.82, 2.24) is 4.31 Å². The van der Waals surface area contributed by atoms with Crippen molar-refractivity contribution in [3.8, 4) is 0 Å². The Bertz CT molecular complexity index is 645. The Kier molecular flexibility index (Phi) is 5.24. The van der Waals surface area contributed by atoms with Crippen molar-refractivity contribution in [2.45, 2.75) is 17.5 Å². The van der Waals surface area contributed by atoms with Gasteiger partial charge in [0.25, 0.3) is 0 Å². The zero-order valence-electron chi connectivity index (χ0n) is 10.7. The van der Waals surface area contributed by atoms with Gasteiger partial charge < -0.3 is 5.11 Å². The zero-order chi connectivity index (χ0) is 16.4. The molecule has 0 heterocycles. The van der Waals surface area contributed by atoms with Crippen molar-refractivity contribution in [3.05, 3.63) is 28.8 Å². The van der Waals surface area contributed by atoms with Gasteiger partial charge in [-0.1, -0.05) is 11.6 Å². The summed E-state index contributed by atoms with van der Waals surface area (Å²) in [5.41, 5.74) is -1.27. The van der Waals surface area contributed by atoms with Crippen LogP contribution in [-0.2, 0) is 21.0 Å². The van der Waals surface area contributed by atoms with E-state index in [1.807, 2.05) is 0 Å². The minimum Gasteiger partial charge on any atom is -0.481 e. The number of carboxylic acids is 1. The van der Waals surface area contributed by atoms with Gasteiger partial charge in [-0.15, -0.1) is 0 Å². The highest BCUT2D eigenvalue weighted by atomic mass is 35.5. The van der Waals surface area contributed by atoms with Gasteiger partial charge in [0.05, 0.1) is 21.9 Å². The van der Waals surface area contributed by atoms with Crippen LogP contribution in [0, 0.1) is 0 Å². The van der Waals surface area contributed by atoms with Gasteiger partial charge in [0.1, 0.15) is 0 Å². The quantitative estimate of drug-likeness (QED) is 0.889. The van der Waals surface area contributed by atoms with E-state index in [1.165, 1.54) is 0 Å². The van der Waals surface area contributed by atoms with E-state index in [2.05, 4.69) is 0 Å². The molecule has 0 atom stereocenters. The van der Waals surface area contributed by atoms with E-state index in [9.17, 15) is 26.4 Å². The lowest BCUT2D eigenvalue weighted by Crippen LogP contribution is -2.29. The highest BCUT2D eigenvalue weighted by molar-refractivity contribution is 7.89. The molecule has 0 aromatic heterocycles. The maximum atomic E-state index is 12.7. The molecule has 0 bridgehead atoms. The van der Waals surface area contributed by atoms with Crippen LogP contribution in [0.3, 0.4) is 0 Å². The fraction of sp³-hybridized carbons (Fsp3) is 0.364. The topological polar surface area (TPSA) is 74.7 Å². The van der Waals surface area contributed by atoms with Crippen molar-refractivity contribution in [2.75, 3.05) is 13.6 Å². The lowest BCUT2D eigenvalue weighted by Gasteiger charge is -2.17. The van der Waals surface area contributed by atoms with Crippen LogP contribution < -0.4 is 0 Å². The summed E-state index contributed by atoms with van der Waals surface area (Å²) in [7, 11) is -3.14. The number of carbonyl (C=O) groups is 1. The molecule has 118 valence electrons. The summed E-state index contributed by atoms with van der Waals surface area (Å²) in [4.78, 5) is 9.81. The van der Waals surface area contributed by atoms with E-state index in [0.29, 0.717) is 10.4 Å².